The minimum Gasteiger partial charge on any atom is -0.383 e. The fourth-order valence-electron chi connectivity index (χ4n) is 3.80. The molecule has 1 atom stereocenters. The predicted molar refractivity (Wildman–Crippen MR) is 99.9 cm³/mol. The maximum atomic E-state index is 13.2. The van der Waals surface area contributed by atoms with E-state index in [1.807, 2.05) is 18.2 Å². The van der Waals surface area contributed by atoms with Crippen molar-refractivity contribution in [1.29, 1.82) is 0 Å². The van der Waals surface area contributed by atoms with E-state index in [0.717, 1.165) is 54.3 Å². The molecule has 25 heavy (non-hydrogen) atoms. The summed E-state index contributed by atoms with van der Waals surface area (Å²) in [6.45, 7) is 4.36. The summed E-state index contributed by atoms with van der Waals surface area (Å²) in [6.07, 6.45) is 7.17. The number of nitrogens with two attached hydrogens (primary N) is 1. The summed E-state index contributed by atoms with van der Waals surface area (Å²) in [5, 5.41) is 5.49. The first-order valence-corrected chi connectivity index (χ1v) is 9.12. The zero-order valence-electron chi connectivity index (χ0n) is 14.8. The first kappa shape index (κ1) is 15.9. The summed E-state index contributed by atoms with van der Waals surface area (Å²) >= 11 is 0. The van der Waals surface area contributed by atoms with Crippen LogP contribution in [0.2, 0.25) is 0 Å². The van der Waals surface area contributed by atoms with E-state index in [9.17, 15) is 4.79 Å². The number of nitrogen functional groups attached to an aromatic ring is 1. The maximum absolute atomic E-state index is 13.2. The molecule has 0 spiro atoms. The van der Waals surface area contributed by atoms with Crippen molar-refractivity contribution in [2.24, 2.45) is 0 Å². The van der Waals surface area contributed by atoms with E-state index in [2.05, 4.69) is 35.8 Å². The number of rotatable bonds is 3. The van der Waals surface area contributed by atoms with Crippen molar-refractivity contribution in [3.63, 3.8) is 0 Å². The lowest BCUT2D eigenvalue weighted by Crippen LogP contribution is -2.17. The molecule has 0 bridgehead atoms. The van der Waals surface area contributed by atoms with Gasteiger partial charge in [-0.25, -0.2) is 0 Å². The number of carbonyl (C=O) groups is 1. The number of hydrogen-bond donors (Lipinski definition) is 1. The normalized spacial score (nSPS) is 15.3. The molecule has 0 aliphatic heterocycles. The van der Waals surface area contributed by atoms with Crippen molar-refractivity contribution >= 4 is 22.6 Å². The Morgan fingerprint density at radius 3 is 2.84 bits per heavy atom. The quantitative estimate of drug-likeness (QED) is 0.787. The van der Waals surface area contributed by atoms with Crippen LogP contribution in [-0.2, 0) is 12.8 Å². The van der Waals surface area contributed by atoms with Gasteiger partial charge in [0.2, 0.25) is 0 Å². The Labute approximate surface area is 147 Å². The van der Waals surface area contributed by atoms with Crippen molar-refractivity contribution in [2.45, 2.75) is 52.0 Å². The van der Waals surface area contributed by atoms with Crippen LogP contribution in [0.5, 0.6) is 0 Å². The van der Waals surface area contributed by atoms with Crippen LogP contribution >= 0.6 is 0 Å². The second-order valence-corrected chi connectivity index (χ2v) is 6.95. The van der Waals surface area contributed by atoms with E-state index in [1.165, 1.54) is 4.68 Å². The van der Waals surface area contributed by atoms with Crippen molar-refractivity contribution in [3.05, 3.63) is 47.3 Å². The van der Waals surface area contributed by atoms with E-state index in [-0.39, 0.29) is 5.91 Å². The van der Waals surface area contributed by atoms with Gasteiger partial charge in [-0.05, 0) is 57.2 Å². The Bertz CT molecular complexity index is 950. The highest BCUT2D eigenvalue weighted by molar-refractivity contribution is 6.08. The Morgan fingerprint density at radius 2 is 2.08 bits per heavy atom. The maximum Gasteiger partial charge on any atom is 0.280 e. The molecule has 130 valence electrons. The van der Waals surface area contributed by atoms with Gasteiger partial charge in [-0.15, -0.1) is 0 Å². The molecule has 1 unspecified atom stereocenters. The molecule has 5 heteroatoms. The van der Waals surface area contributed by atoms with E-state index in [1.54, 1.807) is 0 Å². The molecule has 0 fully saturated rings. The monoisotopic (exact) mass is 336 g/mol. The second-order valence-electron chi connectivity index (χ2n) is 6.95. The van der Waals surface area contributed by atoms with Crippen LogP contribution in [0.1, 0.15) is 60.8 Å². The average Bonchev–Trinajstić information content (AvgIpc) is 3.22. The van der Waals surface area contributed by atoms with Crippen molar-refractivity contribution in [3.8, 4) is 0 Å². The lowest BCUT2D eigenvalue weighted by molar-refractivity contribution is 0.0949. The van der Waals surface area contributed by atoms with E-state index in [4.69, 9.17) is 5.73 Å². The number of aryl methyl sites for hydroxylation is 1. The van der Waals surface area contributed by atoms with Gasteiger partial charge in [0.25, 0.3) is 5.91 Å². The number of benzene rings is 1. The molecule has 0 amide bonds. The van der Waals surface area contributed by atoms with Crippen molar-refractivity contribution < 1.29 is 4.79 Å². The van der Waals surface area contributed by atoms with Crippen molar-refractivity contribution in [1.82, 2.24) is 14.3 Å². The SMILES string of the molecule is CCC(C)n1ccc2c(C(=O)n3nc4c(c3N)CCCC4)cccc21. The number of nitrogens with zero attached hydrogens (tertiary/aromatic N) is 3. The number of carbonyl (C=O) groups excluding carboxylic acids is 1. The van der Waals surface area contributed by atoms with Crippen LogP contribution < -0.4 is 5.73 Å². The third-order valence-electron chi connectivity index (χ3n) is 5.45. The second kappa shape index (κ2) is 6.06. The summed E-state index contributed by atoms with van der Waals surface area (Å²) < 4.78 is 3.63. The molecule has 0 saturated heterocycles. The third kappa shape index (κ3) is 2.46. The molecule has 1 aliphatic carbocycles. The number of fused-ring (bicyclic) bond motifs is 2. The molecule has 0 radical (unpaired) electrons. The van der Waals surface area contributed by atoms with Gasteiger partial charge in [-0.3, -0.25) is 4.79 Å². The molecule has 1 aliphatic rings. The molecule has 2 heterocycles. The number of aromatic nitrogens is 3. The standard InChI is InChI=1S/C20H24N4O/c1-3-13(2)23-12-11-14-15(8-6-10-18(14)23)20(25)24-19(21)16-7-4-5-9-17(16)22-24/h6,8,10-13H,3-5,7,9,21H2,1-2H3. The lowest BCUT2D eigenvalue weighted by Gasteiger charge is -2.13. The third-order valence-corrected chi connectivity index (χ3v) is 5.45. The zero-order valence-corrected chi connectivity index (χ0v) is 14.8. The molecule has 3 aromatic rings. The van der Waals surface area contributed by atoms with Crippen LogP contribution in [0.15, 0.2) is 30.5 Å². The van der Waals surface area contributed by atoms with Gasteiger partial charge in [0.05, 0.1) is 11.3 Å². The Balaban J connectivity index is 1.81. The Kier molecular flexibility index (Phi) is 3.86. The van der Waals surface area contributed by atoms with Crippen LogP contribution in [0, 0.1) is 0 Å². The summed E-state index contributed by atoms with van der Waals surface area (Å²) in [5.41, 5.74) is 10.0. The fraction of sp³-hybridized carbons (Fsp3) is 0.400. The Morgan fingerprint density at radius 1 is 1.28 bits per heavy atom. The molecule has 2 N–H and O–H groups in total. The van der Waals surface area contributed by atoms with Crippen LogP contribution in [0.3, 0.4) is 0 Å². The van der Waals surface area contributed by atoms with Gasteiger partial charge >= 0.3 is 0 Å². The first-order chi connectivity index (χ1) is 12.1. The molecule has 2 aromatic heterocycles. The zero-order chi connectivity index (χ0) is 17.6. The molecule has 5 nitrogen and oxygen atoms in total. The van der Waals surface area contributed by atoms with E-state index >= 15 is 0 Å². The van der Waals surface area contributed by atoms with Crippen molar-refractivity contribution in [2.75, 3.05) is 5.73 Å². The van der Waals surface area contributed by atoms with E-state index in [0.29, 0.717) is 17.4 Å². The number of anilines is 1. The van der Waals surface area contributed by atoms with E-state index < -0.39 is 0 Å². The van der Waals surface area contributed by atoms with Gasteiger partial charge in [-0.2, -0.15) is 9.78 Å². The summed E-state index contributed by atoms with van der Waals surface area (Å²) in [4.78, 5) is 13.2. The van der Waals surface area contributed by atoms with Gasteiger partial charge < -0.3 is 10.3 Å². The predicted octanol–water partition coefficient (Wildman–Crippen LogP) is 3.96. The molecular weight excluding hydrogens is 312 g/mol. The Hall–Kier alpha value is -2.56. The topological polar surface area (TPSA) is 65.8 Å². The summed E-state index contributed by atoms with van der Waals surface area (Å²) in [6, 6.07) is 8.29. The van der Waals surface area contributed by atoms with Gasteiger partial charge in [0.1, 0.15) is 5.82 Å². The fourth-order valence-corrected chi connectivity index (χ4v) is 3.80. The molecule has 0 saturated carbocycles. The van der Waals surface area contributed by atoms with Gasteiger partial charge in [0.15, 0.2) is 0 Å². The highest BCUT2D eigenvalue weighted by Crippen LogP contribution is 2.29. The molecule has 1 aromatic carbocycles. The average molecular weight is 336 g/mol. The first-order valence-electron chi connectivity index (χ1n) is 9.12. The smallest absolute Gasteiger partial charge is 0.280 e. The minimum absolute atomic E-state index is 0.139. The summed E-state index contributed by atoms with van der Waals surface area (Å²) in [7, 11) is 0. The van der Waals surface area contributed by atoms with Gasteiger partial charge in [-0.1, -0.05) is 13.0 Å². The van der Waals surface area contributed by atoms with Crippen LogP contribution in [-0.4, -0.2) is 20.3 Å². The van der Waals surface area contributed by atoms with Crippen LogP contribution in [0.25, 0.3) is 10.9 Å². The summed E-state index contributed by atoms with van der Waals surface area (Å²) in [5.74, 6) is 0.373. The lowest BCUT2D eigenvalue weighted by atomic mass is 9.98. The highest BCUT2D eigenvalue weighted by Gasteiger charge is 2.24. The van der Waals surface area contributed by atoms with Crippen LogP contribution in [0.4, 0.5) is 5.82 Å². The highest BCUT2D eigenvalue weighted by atomic mass is 16.2. The number of hydrogen-bond acceptors (Lipinski definition) is 3. The van der Waals surface area contributed by atoms with Gasteiger partial charge in [0, 0.05) is 28.7 Å². The largest absolute Gasteiger partial charge is 0.383 e. The minimum atomic E-state index is -0.139. The molecular formula is C20H24N4O. The molecule has 4 rings (SSSR count).